The average Bonchev–Trinajstić information content (AvgIpc) is 3.10. The fourth-order valence-corrected chi connectivity index (χ4v) is 3.45. The number of carbonyl (C=O) groups is 1. The first kappa shape index (κ1) is 14.1. The summed E-state index contributed by atoms with van der Waals surface area (Å²) in [4.78, 5) is 23.4. The van der Waals surface area contributed by atoms with Gasteiger partial charge in [0.05, 0.1) is 16.7 Å². The van der Waals surface area contributed by atoms with Crippen LogP contribution in [0.25, 0.3) is 11.0 Å². The highest BCUT2D eigenvalue weighted by molar-refractivity contribution is 7.98. The number of nitrogens with two attached hydrogens (primary N) is 1. The molecular weight excluding hydrogens is 306 g/mol. The molecule has 1 amide bonds. The van der Waals surface area contributed by atoms with Crippen molar-refractivity contribution in [3.8, 4) is 0 Å². The van der Waals surface area contributed by atoms with Crippen LogP contribution in [0.3, 0.4) is 0 Å². The number of carbonyl (C=O) groups excluding carboxylic acids is 1. The normalized spacial score (nSPS) is 11.0. The predicted molar refractivity (Wildman–Crippen MR) is 84.2 cm³/mol. The minimum Gasteiger partial charge on any atom is -0.333 e. The van der Waals surface area contributed by atoms with Gasteiger partial charge < -0.3 is 4.98 Å². The van der Waals surface area contributed by atoms with Gasteiger partial charge in [0.2, 0.25) is 0 Å². The molecule has 0 spiro atoms. The number of thiazole rings is 1. The Morgan fingerprint density at radius 3 is 3.14 bits per heavy atom. The molecule has 2 aromatic heterocycles. The van der Waals surface area contributed by atoms with Gasteiger partial charge in [-0.1, -0.05) is 17.8 Å². The monoisotopic (exact) mass is 319 g/mol. The number of benzene rings is 1. The second-order valence-electron chi connectivity index (χ2n) is 4.47. The van der Waals surface area contributed by atoms with Crippen molar-refractivity contribution in [2.75, 3.05) is 0 Å². The van der Waals surface area contributed by atoms with E-state index in [0.29, 0.717) is 10.8 Å². The zero-order valence-electron chi connectivity index (χ0n) is 11.2. The summed E-state index contributed by atoms with van der Waals surface area (Å²) in [6.45, 7) is 2.05. The maximum atomic E-state index is 11.3. The maximum Gasteiger partial charge on any atom is 0.294 e. The van der Waals surface area contributed by atoms with Gasteiger partial charge in [-0.15, -0.1) is 11.3 Å². The summed E-state index contributed by atoms with van der Waals surface area (Å²) in [6, 6.07) is 6.10. The third kappa shape index (κ3) is 3.07. The van der Waals surface area contributed by atoms with Crippen LogP contribution in [-0.2, 0) is 5.75 Å². The molecule has 0 aliphatic heterocycles. The third-order valence-electron chi connectivity index (χ3n) is 2.85. The van der Waals surface area contributed by atoms with E-state index < -0.39 is 0 Å². The number of aryl methyl sites for hydroxylation is 1. The number of hydrogen-bond donors (Lipinski definition) is 3. The Kier molecular flexibility index (Phi) is 3.91. The van der Waals surface area contributed by atoms with Crippen LogP contribution < -0.4 is 11.3 Å². The lowest BCUT2D eigenvalue weighted by Crippen LogP contribution is -2.29. The molecule has 0 aliphatic rings. The summed E-state index contributed by atoms with van der Waals surface area (Å²) in [7, 11) is 0. The number of fused-ring (bicyclic) bond motifs is 1. The summed E-state index contributed by atoms with van der Waals surface area (Å²) < 4.78 is 0. The highest BCUT2D eigenvalue weighted by atomic mass is 32.2. The number of nitrogen functional groups attached to an aromatic ring is 1. The molecule has 0 atom stereocenters. The van der Waals surface area contributed by atoms with Gasteiger partial charge in [-0.05, 0) is 24.6 Å². The zero-order valence-corrected chi connectivity index (χ0v) is 12.8. The average molecular weight is 319 g/mol. The number of hydrogen-bond acceptors (Lipinski definition) is 6. The number of imidazole rings is 1. The Hall–Kier alpha value is -1.90. The van der Waals surface area contributed by atoms with Crippen molar-refractivity contribution >= 4 is 40.0 Å². The Balaban J connectivity index is 1.71. The van der Waals surface area contributed by atoms with Gasteiger partial charge in [0.1, 0.15) is 0 Å². The summed E-state index contributed by atoms with van der Waals surface area (Å²) in [6.07, 6.45) is 0. The summed E-state index contributed by atoms with van der Waals surface area (Å²) in [5.41, 5.74) is 6.08. The van der Waals surface area contributed by atoms with Crippen LogP contribution in [0.4, 0.5) is 0 Å². The van der Waals surface area contributed by atoms with Crippen molar-refractivity contribution in [1.82, 2.24) is 20.4 Å². The van der Waals surface area contributed by atoms with Crippen molar-refractivity contribution < 1.29 is 4.79 Å². The fraction of sp³-hybridized carbons (Fsp3) is 0.154. The second-order valence-corrected chi connectivity index (χ2v) is 6.29. The molecule has 21 heavy (non-hydrogen) atoms. The SMILES string of the molecule is Cc1ccc2nc(SCc3csc(C(=O)NN)n3)[nH]c2c1. The van der Waals surface area contributed by atoms with Gasteiger partial charge in [0.15, 0.2) is 10.2 Å². The standard InChI is InChI=1S/C13H13N5OS2/c1-7-2-3-9-10(4-7)17-13(16-9)21-6-8-5-20-12(15-8)11(19)18-14/h2-5H,6,14H2,1H3,(H,16,17)(H,18,19). The minimum atomic E-state index is -0.365. The Morgan fingerprint density at radius 2 is 2.33 bits per heavy atom. The molecule has 3 aromatic rings. The number of nitrogens with one attached hydrogen (secondary N) is 2. The van der Waals surface area contributed by atoms with E-state index in [0.717, 1.165) is 21.9 Å². The summed E-state index contributed by atoms with van der Waals surface area (Å²) in [5.74, 6) is 5.36. The molecule has 0 radical (unpaired) electrons. The number of thioether (sulfide) groups is 1. The van der Waals surface area contributed by atoms with Crippen molar-refractivity contribution in [3.63, 3.8) is 0 Å². The van der Waals surface area contributed by atoms with E-state index >= 15 is 0 Å². The maximum absolute atomic E-state index is 11.3. The van der Waals surface area contributed by atoms with Gasteiger partial charge in [0, 0.05) is 11.1 Å². The molecule has 0 saturated heterocycles. The molecule has 0 unspecified atom stereocenters. The molecule has 2 heterocycles. The number of H-pyrrole nitrogens is 1. The van der Waals surface area contributed by atoms with E-state index in [1.54, 1.807) is 11.8 Å². The Bertz CT molecular complexity index is 795. The molecule has 8 heteroatoms. The molecule has 0 aliphatic carbocycles. The van der Waals surface area contributed by atoms with E-state index in [4.69, 9.17) is 5.84 Å². The Labute approximate surface area is 129 Å². The van der Waals surface area contributed by atoms with Gasteiger partial charge in [-0.3, -0.25) is 10.2 Å². The van der Waals surface area contributed by atoms with Gasteiger partial charge in [-0.2, -0.15) is 0 Å². The smallest absolute Gasteiger partial charge is 0.294 e. The van der Waals surface area contributed by atoms with Crippen molar-refractivity contribution in [2.45, 2.75) is 17.8 Å². The molecule has 3 rings (SSSR count). The lowest BCUT2D eigenvalue weighted by Gasteiger charge is -1.94. The van der Waals surface area contributed by atoms with Crippen LogP contribution in [0.1, 0.15) is 21.1 Å². The molecule has 0 bridgehead atoms. The summed E-state index contributed by atoms with van der Waals surface area (Å²) in [5, 5.41) is 3.06. The van der Waals surface area contributed by atoms with Crippen LogP contribution in [0.2, 0.25) is 0 Å². The van der Waals surface area contributed by atoms with Crippen molar-refractivity contribution in [2.24, 2.45) is 5.84 Å². The number of aromatic nitrogens is 3. The quantitative estimate of drug-likeness (QED) is 0.296. The number of nitrogens with zero attached hydrogens (tertiary/aromatic N) is 2. The van der Waals surface area contributed by atoms with Crippen LogP contribution >= 0.6 is 23.1 Å². The summed E-state index contributed by atoms with van der Waals surface area (Å²) >= 11 is 2.83. The lowest BCUT2D eigenvalue weighted by molar-refractivity contribution is 0.0953. The number of amides is 1. The van der Waals surface area contributed by atoms with Crippen LogP contribution in [0.5, 0.6) is 0 Å². The van der Waals surface area contributed by atoms with Crippen LogP contribution in [0.15, 0.2) is 28.7 Å². The van der Waals surface area contributed by atoms with E-state index in [1.807, 2.05) is 24.4 Å². The fourth-order valence-electron chi connectivity index (χ4n) is 1.85. The number of hydrazine groups is 1. The lowest BCUT2D eigenvalue weighted by atomic mass is 10.2. The van der Waals surface area contributed by atoms with Crippen LogP contribution in [-0.4, -0.2) is 20.9 Å². The predicted octanol–water partition coefficient (Wildman–Crippen LogP) is 2.22. The molecule has 6 nitrogen and oxygen atoms in total. The first-order valence-electron chi connectivity index (χ1n) is 6.20. The minimum absolute atomic E-state index is 0.365. The first-order chi connectivity index (χ1) is 10.2. The third-order valence-corrected chi connectivity index (χ3v) is 4.65. The number of rotatable bonds is 4. The zero-order chi connectivity index (χ0) is 14.8. The van der Waals surface area contributed by atoms with Crippen molar-refractivity contribution in [3.05, 3.63) is 39.8 Å². The highest BCUT2D eigenvalue weighted by Crippen LogP contribution is 2.24. The van der Waals surface area contributed by atoms with Gasteiger partial charge >= 0.3 is 0 Å². The Morgan fingerprint density at radius 1 is 1.48 bits per heavy atom. The second kappa shape index (κ2) is 5.84. The van der Waals surface area contributed by atoms with E-state index in [2.05, 4.69) is 26.4 Å². The van der Waals surface area contributed by atoms with Gasteiger partial charge in [-0.25, -0.2) is 15.8 Å². The molecular formula is C13H13N5OS2. The molecule has 0 saturated carbocycles. The van der Waals surface area contributed by atoms with Gasteiger partial charge in [0.25, 0.3) is 5.91 Å². The molecule has 108 valence electrons. The molecule has 4 N–H and O–H groups in total. The van der Waals surface area contributed by atoms with E-state index in [-0.39, 0.29) is 5.91 Å². The highest BCUT2D eigenvalue weighted by Gasteiger charge is 2.10. The largest absolute Gasteiger partial charge is 0.333 e. The number of aromatic amines is 1. The topological polar surface area (TPSA) is 96.7 Å². The molecule has 0 fully saturated rings. The van der Waals surface area contributed by atoms with E-state index in [1.165, 1.54) is 16.9 Å². The van der Waals surface area contributed by atoms with Crippen LogP contribution in [0, 0.1) is 6.92 Å². The van der Waals surface area contributed by atoms with Crippen molar-refractivity contribution in [1.29, 1.82) is 0 Å². The van der Waals surface area contributed by atoms with E-state index in [9.17, 15) is 4.79 Å². The first-order valence-corrected chi connectivity index (χ1v) is 8.07. The molecule has 1 aromatic carbocycles.